The number of hydrogen-bond acceptors (Lipinski definition) is 5. The van der Waals surface area contributed by atoms with Gasteiger partial charge in [0, 0.05) is 12.8 Å². The number of ketones is 2. The van der Waals surface area contributed by atoms with Crippen molar-refractivity contribution in [2.45, 2.75) is 205 Å². The van der Waals surface area contributed by atoms with Gasteiger partial charge in [-0.15, -0.1) is 0 Å². The van der Waals surface area contributed by atoms with Crippen LogP contribution >= 0.6 is 7.60 Å². The maximum absolute atomic E-state index is 12.8. The van der Waals surface area contributed by atoms with Crippen molar-refractivity contribution in [3.63, 3.8) is 0 Å². The molecule has 0 saturated heterocycles. The summed E-state index contributed by atoms with van der Waals surface area (Å²) in [4.78, 5) is 45.2. The summed E-state index contributed by atoms with van der Waals surface area (Å²) in [5.41, 5.74) is 5.88. The minimum absolute atomic E-state index is 0.0513. The van der Waals surface area contributed by atoms with Gasteiger partial charge < -0.3 is 20.6 Å². The highest BCUT2D eigenvalue weighted by atomic mass is 31.2. The van der Waals surface area contributed by atoms with Crippen molar-refractivity contribution in [2.24, 2.45) is 5.73 Å². The van der Waals surface area contributed by atoms with E-state index >= 15 is 0 Å². The van der Waals surface area contributed by atoms with Crippen molar-refractivity contribution in [1.82, 2.24) is 0 Å². The summed E-state index contributed by atoms with van der Waals surface area (Å²) in [6, 6.07) is 0. The predicted octanol–water partition coefficient (Wildman–Crippen LogP) is 9.84. The van der Waals surface area contributed by atoms with E-state index in [4.69, 9.17) is 5.73 Å². The first kappa shape index (κ1) is 43.1. The summed E-state index contributed by atoms with van der Waals surface area (Å²) < 4.78 is 12.2. The van der Waals surface area contributed by atoms with Crippen molar-refractivity contribution in [3.8, 4) is 0 Å². The maximum Gasteiger partial charge on any atom is 0.356 e. The van der Waals surface area contributed by atoms with Crippen LogP contribution in [0.4, 0.5) is 0 Å². The quantitative estimate of drug-likeness (QED) is 0.0317. The van der Waals surface area contributed by atoms with E-state index in [0.29, 0.717) is 12.8 Å². The van der Waals surface area contributed by atoms with Crippen LogP contribution in [-0.2, 0) is 14.2 Å². The number of rotatable bonds is 33. The van der Waals surface area contributed by atoms with E-state index in [9.17, 15) is 29.0 Å². The number of nitrogens with two attached hydrogens (primary N) is 1. The monoisotopic (exact) mass is 643 g/mol. The molecular formula is C36H70NO6P. The number of carbonyl (C=O) groups is 2. The van der Waals surface area contributed by atoms with Crippen LogP contribution in [0.15, 0.2) is 12.2 Å². The Morgan fingerprint density at radius 3 is 1.27 bits per heavy atom. The molecule has 0 heterocycles. The van der Waals surface area contributed by atoms with Crippen LogP contribution in [0.1, 0.15) is 194 Å². The second kappa shape index (κ2) is 28.4. The standard InChI is InChI=1S/C36H70NO6P/c1-3-5-7-9-11-13-15-17-18-20-21-23-25-27-29-31-33(38)35(40)36(37,44(41,42)43)34(39)32-30-28-26-24-22-19-16-14-12-10-8-6-4-2/h17-18,35,40H,3-16,19-32,37H2,1-2H3,(H2,41,42,43)/b18-17-. The van der Waals surface area contributed by atoms with Gasteiger partial charge >= 0.3 is 7.60 Å². The Balaban J connectivity index is 4.15. The summed E-state index contributed by atoms with van der Waals surface area (Å²) >= 11 is 0. The highest BCUT2D eigenvalue weighted by Crippen LogP contribution is 2.50. The molecule has 2 unspecified atom stereocenters. The molecule has 0 amide bonds. The molecule has 2 atom stereocenters. The van der Waals surface area contributed by atoms with Crippen LogP contribution in [-0.4, -0.2) is 37.8 Å². The van der Waals surface area contributed by atoms with Crippen molar-refractivity contribution in [3.05, 3.63) is 12.2 Å². The third kappa shape index (κ3) is 21.0. The molecule has 0 bridgehead atoms. The molecule has 0 aliphatic rings. The van der Waals surface area contributed by atoms with E-state index in [1.807, 2.05) is 0 Å². The second-order valence-corrected chi connectivity index (χ2v) is 14.8. The Morgan fingerprint density at radius 1 is 0.591 bits per heavy atom. The molecule has 0 radical (unpaired) electrons. The molecule has 5 N–H and O–H groups in total. The summed E-state index contributed by atoms with van der Waals surface area (Å²) in [7, 11) is -5.26. The third-order valence-electron chi connectivity index (χ3n) is 8.84. The number of allylic oxidation sites excluding steroid dienone is 2. The molecule has 0 aromatic rings. The molecular weight excluding hydrogens is 573 g/mol. The summed E-state index contributed by atoms with van der Waals surface area (Å²) in [5, 5.41) is 7.69. The first-order valence-electron chi connectivity index (χ1n) is 18.4. The summed E-state index contributed by atoms with van der Waals surface area (Å²) in [6.07, 6.45) is 31.2. The zero-order valence-electron chi connectivity index (χ0n) is 28.6. The lowest BCUT2D eigenvalue weighted by molar-refractivity contribution is -0.136. The average Bonchev–Trinajstić information content (AvgIpc) is 2.99. The van der Waals surface area contributed by atoms with Crippen LogP contribution in [0.2, 0.25) is 0 Å². The van der Waals surface area contributed by atoms with E-state index < -0.39 is 30.5 Å². The lowest BCUT2D eigenvalue weighted by atomic mass is 9.95. The van der Waals surface area contributed by atoms with Crippen LogP contribution in [0.25, 0.3) is 0 Å². The average molecular weight is 644 g/mol. The van der Waals surface area contributed by atoms with Gasteiger partial charge in [-0.1, -0.05) is 154 Å². The van der Waals surface area contributed by atoms with Gasteiger partial charge in [0.2, 0.25) is 5.28 Å². The van der Waals surface area contributed by atoms with Gasteiger partial charge in [-0.25, -0.2) is 0 Å². The normalized spacial score (nSPS) is 14.2. The minimum Gasteiger partial charge on any atom is -0.382 e. The van der Waals surface area contributed by atoms with Gasteiger partial charge in [-0.05, 0) is 38.5 Å². The number of carbonyl (C=O) groups excluding carboxylic acids is 2. The van der Waals surface area contributed by atoms with Gasteiger partial charge in [0.1, 0.15) is 6.10 Å². The second-order valence-electron chi connectivity index (χ2n) is 13.0. The lowest BCUT2D eigenvalue weighted by Gasteiger charge is -2.32. The van der Waals surface area contributed by atoms with Crippen molar-refractivity contribution >= 4 is 19.2 Å². The highest BCUT2D eigenvalue weighted by molar-refractivity contribution is 7.55. The largest absolute Gasteiger partial charge is 0.382 e. The Hall–Kier alpha value is -0.850. The lowest BCUT2D eigenvalue weighted by Crippen LogP contribution is -2.59. The fraction of sp³-hybridized carbons (Fsp3) is 0.889. The van der Waals surface area contributed by atoms with E-state index in [0.717, 1.165) is 64.2 Å². The summed E-state index contributed by atoms with van der Waals surface area (Å²) in [5.74, 6) is -1.70. The summed E-state index contributed by atoms with van der Waals surface area (Å²) in [6.45, 7) is 4.46. The van der Waals surface area contributed by atoms with Gasteiger partial charge in [-0.3, -0.25) is 14.2 Å². The molecule has 0 aromatic carbocycles. The number of hydrogen-bond donors (Lipinski definition) is 4. The Labute approximate surface area is 270 Å². The SMILES string of the molecule is CCCCCCCC/C=C\CCCCCCCC(=O)C(O)C(N)(C(=O)CCCCCCCCCCCCCCC)P(=O)(O)O. The van der Waals surface area contributed by atoms with Crippen LogP contribution in [0.3, 0.4) is 0 Å². The van der Waals surface area contributed by atoms with Crippen LogP contribution in [0.5, 0.6) is 0 Å². The number of unbranched alkanes of at least 4 members (excludes halogenated alkanes) is 23. The highest BCUT2D eigenvalue weighted by Gasteiger charge is 2.57. The van der Waals surface area contributed by atoms with E-state index in [2.05, 4.69) is 26.0 Å². The fourth-order valence-corrected chi connectivity index (χ4v) is 6.63. The van der Waals surface area contributed by atoms with Crippen molar-refractivity contribution < 1.29 is 29.0 Å². The molecule has 0 aliphatic heterocycles. The molecule has 0 aromatic heterocycles. The zero-order valence-corrected chi connectivity index (χ0v) is 29.5. The number of aliphatic hydroxyl groups excluding tert-OH is 1. The maximum atomic E-state index is 12.8. The van der Waals surface area contributed by atoms with Crippen molar-refractivity contribution in [2.75, 3.05) is 0 Å². The first-order valence-corrected chi connectivity index (χ1v) is 20.0. The van der Waals surface area contributed by atoms with E-state index in [-0.39, 0.29) is 12.8 Å². The third-order valence-corrected chi connectivity index (χ3v) is 10.3. The topological polar surface area (TPSA) is 138 Å². The molecule has 7 nitrogen and oxygen atoms in total. The number of Topliss-reactive ketones (excluding diaryl/α,β-unsaturated/α-hetero) is 2. The number of aliphatic hydroxyl groups is 1. The van der Waals surface area contributed by atoms with Gasteiger partial charge in [0.25, 0.3) is 0 Å². The zero-order chi connectivity index (χ0) is 32.9. The Bertz CT molecular complexity index is 783. The van der Waals surface area contributed by atoms with Crippen LogP contribution in [0, 0.1) is 0 Å². The molecule has 260 valence electrons. The van der Waals surface area contributed by atoms with Crippen molar-refractivity contribution in [1.29, 1.82) is 0 Å². The molecule has 0 saturated carbocycles. The molecule has 44 heavy (non-hydrogen) atoms. The first-order chi connectivity index (χ1) is 21.1. The van der Waals surface area contributed by atoms with Crippen LogP contribution < -0.4 is 5.73 Å². The van der Waals surface area contributed by atoms with Gasteiger partial charge in [-0.2, -0.15) is 0 Å². The predicted molar refractivity (Wildman–Crippen MR) is 185 cm³/mol. The molecule has 0 fully saturated rings. The fourth-order valence-electron chi connectivity index (χ4n) is 5.73. The molecule has 0 rings (SSSR count). The Kier molecular flexibility index (Phi) is 27.8. The van der Waals surface area contributed by atoms with Gasteiger partial charge in [0.05, 0.1) is 0 Å². The van der Waals surface area contributed by atoms with Gasteiger partial charge in [0.15, 0.2) is 11.6 Å². The smallest absolute Gasteiger partial charge is 0.356 e. The molecule has 0 spiro atoms. The minimum atomic E-state index is -5.26. The molecule has 8 heteroatoms. The Morgan fingerprint density at radius 2 is 0.909 bits per heavy atom. The van der Waals surface area contributed by atoms with E-state index in [1.54, 1.807) is 0 Å². The molecule has 0 aliphatic carbocycles. The van der Waals surface area contributed by atoms with E-state index in [1.165, 1.54) is 89.9 Å².